The number of nitrogens with two attached hydrogens (primary N) is 1. The summed E-state index contributed by atoms with van der Waals surface area (Å²) in [7, 11) is 1.68. The number of rotatable bonds is 7. The molecule has 9 unspecified atom stereocenters. The quantitative estimate of drug-likeness (QED) is 0.197. The smallest absolute Gasteiger partial charge is 0.334 e. The Balaban J connectivity index is 0.000000189. The zero-order chi connectivity index (χ0) is 33.7. The average Bonchev–Trinajstić information content (AvgIpc) is 3.91. The van der Waals surface area contributed by atoms with Crippen molar-refractivity contribution in [2.24, 2.45) is 23.0 Å². The third-order valence-corrected chi connectivity index (χ3v) is 11.1. The predicted octanol–water partition coefficient (Wildman–Crippen LogP) is 2.73. The Morgan fingerprint density at radius 3 is 2.46 bits per heavy atom. The zero-order valence-electron chi connectivity index (χ0n) is 27.8. The number of phenolic OH excluding ortho intramolecular Hbond substituents is 1. The van der Waals surface area contributed by atoms with Gasteiger partial charge in [0.05, 0.1) is 30.4 Å². The van der Waals surface area contributed by atoms with E-state index in [-0.39, 0.29) is 53.6 Å². The molecule has 3 heterocycles. The molecular weight excluding hydrogens is 592 g/mol. The summed E-state index contributed by atoms with van der Waals surface area (Å²) < 4.78 is 24.3. The molecule has 4 fully saturated rings. The number of aldehydes is 1. The van der Waals surface area contributed by atoms with Crippen molar-refractivity contribution in [2.45, 2.75) is 114 Å². The summed E-state index contributed by atoms with van der Waals surface area (Å²) in [6, 6.07) is 5.87. The van der Waals surface area contributed by atoms with Crippen LogP contribution in [0.1, 0.15) is 72.3 Å². The number of carbonyl (C=O) groups is 3. The predicted molar refractivity (Wildman–Crippen MR) is 169 cm³/mol. The van der Waals surface area contributed by atoms with Crippen molar-refractivity contribution in [1.29, 1.82) is 0 Å². The second kappa shape index (κ2) is 12.6. The fraction of sp³-hybridized carbons (Fsp3) is 0.686. The molecule has 9 atom stereocenters. The van der Waals surface area contributed by atoms with Gasteiger partial charge >= 0.3 is 5.97 Å². The van der Waals surface area contributed by atoms with Crippen molar-refractivity contribution >= 4 is 18.2 Å². The van der Waals surface area contributed by atoms with Gasteiger partial charge in [-0.25, -0.2) is 4.79 Å². The SMILES string of the molecule is CCC.COC1C(O)(C(C)C)CC2OC23C2(C)CCC4=C(COC4=O)C2CC2OC213.NCC(=O)NC(C=O)Cc1ccc(O)cc1. The molecule has 5 N–H and O–H groups in total. The molecule has 2 spiro atoms. The molecule has 1 aromatic carbocycles. The van der Waals surface area contributed by atoms with E-state index in [9.17, 15) is 19.5 Å². The topological polar surface area (TPSA) is 173 Å². The summed E-state index contributed by atoms with van der Waals surface area (Å²) in [4.78, 5) is 33.8. The molecule has 254 valence electrons. The van der Waals surface area contributed by atoms with Crippen LogP contribution >= 0.6 is 0 Å². The maximum Gasteiger partial charge on any atom is 0.334 e. The maximum absolute atomic E-state index is 12.1. The Bertz CT molecular complexity index is 1360. The number of carbonyl (C=O) groups excluding carboxylic acids is 3. The van der Waals surface area contributed by atoms with Crippen LogP contribution in [0.15, 0.2) is 35.4 Å². The lowest BCUT2D eigenvalue weighted by Gasteiger charge is -2.56. The number of hydrogen-bond donors (Lipinski definition) is 4. The first-order chi connectivity index (χ1) is 21.8. The molecular formula is C35H50N2O9. The lowest BCUT2D eigenvalue weighted by atomic mass is 9.46. The van der Waals surface area contributed by atoms with E-state index in [1.807, 2.05) is 13.8 Å². The van der Waals surface area contributed by atoms with Crippen LogP contribution < -0.4 is 11.1 Å². The van der Waals surface area contributed by atoms with E-state index < -0.39 is 28.9 Å². The van der Waals surface area contributed by atoms with Gasteiger partial charge in [-0.2, -0.15) is 0 Å². The number of hydrogen-bond acceptors (Lipinski definition) is 10. The number of amides is 1. The van der Waals surface area contributed by atoms with Gasteiger partial charge in [-0.3, -0.25) is 4.79 Å². The van der Waals surface area contributed by atoms with E-state index in [0.717, 1.165) is 30.4 Å². The van der Waals surface area contributed by atoms with Crippen molar-refractivity contribution in [3.8, 4) is 5.75 Å². The average molecular weight is 643 g/mol. The highest BCUT2D eigenvalue weighted by Crippen LogP contribution is 2.80. The minimum Gasteiger partial charge on any atom is -0.508 e. The van der Waals surface area contributed by atoms with Gasteiger partial charge in [-0.1, -0.05) is 53.2 Å². The number of aliphatic hydroxyl groups is 1. The Hall–Kier alpha value is -2.83. The number of ether oxygens (including phenoxy) is 4. The first-order valence-electron chi connectivity index (χ1n) is 16.6. The van der Waals surface area contributed by atoms with Crippen molar-refractivity contribution in [3.05, 3.63) is 41.0 Å². The number of epoxide rings is 2. The molecule has 6 aliphatic rings. The van der Waals surface area contributed by atoms with Gasteiger partial charge < -0.3 is 45.0 Å². The first-order valence-corrected chi connectivity index (χ1v) is 16.6. The van der Waals surface area contributed by atoms with Crippen molar-refractivity contribution < 1.29 is 43.5 Å². The largest absolute Gasteiger partial charge is 0.508 e. The van der Waals surface area contributed by atoms with Crippen LogP contribution in [0.3, 0.4) is 0 Å². The second-order valence-corrected chi connectivity index (χ2v) is 14.1. The van der Waals surface area contributed by atoms with Gasteiger partial charge in [0.1, 0.15) is 30.3 Å². The molecule has 0 bridgehead atoms. The second-order valence-electron chi connectivity index (χ2n) is 14.1. The molecule has 7 rings (SSSR count). The molecule has 11 heteroatoms. The fourth-order valence-electron chi connectivity index (χ4n) is 8.85. The van der Waals surface area contributed by atoms with E-state index in [2.05, 4.69) is 26.1 Å². The highest BCUT2D eigenvalue weighted by molar-refractivity contribution is 5.92. The lowest BCUT2D eigenvalue weighted by Crippen LogP contribution is -2.72. The van der Waals surface area contributed by atoms with Crippen LogP contribution in [0.5, 0.6) is 5.75 Å². The summed E-state index contributed by atoms with van der Waals surface area (Å²) in [6.07, 6.45) is 4.93. The van der Waals surface area contributed by atoms with Crippen LogP contribution in [-0.2, 0) is 39.8 Å². The van der Waals surface area contributed by atoms with E-state index in [1.54, 1.807) is 19.2 Å². The Morgan fingerprint density at radius 2 is 1.87 bits per heavy atom. The number of fused-ring (bicyclic) bond motifs is 2. The van der Waals surface area contributed by atoms with Crippen molar-refractivity contribution in [1.82, 2.24) is 5.32 Å². The standard InChI is InChI=1S/C21H28O6.C11H14N2O3.C3H8/c1-10(2)19(23)8-15-21(27-15)18(3)6-5-11-12(9-25-16(11)22)13(18)7-14-20(21,26-14)17(19)24-4;12-6-11(16)13-9(7-14)5-8-1-3-10(15)4-2-8;1-3-2/h10,13-15,17,23H,5-9H2,1-4H3;1-4,7,9,15H,5-6,12H2,(H,13,16);3H2,1-2H3. The van der Waals surface area contributed by atoms with E-state index in [1.165, 1.54) is 24.1 Å². The maximum atomic E-state index is 12.1. The summed E-state index contributed by atoms with van der Waals surface area (Å²) in [5.41, 5.74) is 5.94. The highest BCUT2D eigenvalue weighted by atomic mass is 16.7. The van der Waals surface area contributed by atoms with Gasteiger partial charge in [0.2, 0.25) is 5.91 Å². The highest BCUT2D eigenvalue weighted by Gasteiger charge is 2.94. The lowest BCUT2D eigenvalue weighted by molar-refractivity contribution is -0.191. The summed E-state index contributed by atoms with van der Waals surface area (Å²) in [5, 5.41) is 23.1. The number of phenols is 1. The van der Waals surface area contributed by atoms with Crippen LogP contribution in [0, 0.1) is 17.3 Å². The third-order valence-electron chi connectivity index (χ3n) is 11.1. The molecule has 2 saturated heterocycles. The molecule has 1 amide bonds. The number of benzene rings is 1. The van der Waals surface area contributed by atoms with Gasteiger partial charge in [0, 0.05) is 24.5 Å². The Labute approximate surface area is 271 Å². The minimum absolute atomic E-state index is 0.00125. The van der Waals surface area contributed by atoms with Crippen molar-refractivity contribution in [2.75, 3.05) is 20.3 Å². The number of nitrogens with one attached hydrogen (secondary N) is 1. The van der Waals surface area contributed by atoms with Crippen LogP contribution in [0.4, 0.5) is 0 Å². The summed E-state index contributed by atoms with van der Waals surface area (Å²) in [5.74, 6) is -0.0516. The molecule has 1 aromatic rings. The molecule has 3 aliphatic carbocycles. The number of cyclic esters (lactones) is 1. The number of aromatic hydroxyl groups is 1. The minimum atomic E-state index is -0.955. The molecule has 46 heavy (non-hydrogen) atoms. The molecule has 3 aliphatic heterocycles. The van der Waals surface area contributed by atoms with Crippen molar-refractivity contribution in [3.63, 3.8) is 0 Å². The normalized spacial score (nSPS) is 38.2. The van der Waals surface area contributed by atoms with Crippen LogP contribution in [0.25, 0.3) is 0 Å². The molecule has 11 nitrogen and oxygen atoms in total. The fourth-order valence-corrected chi connectivity index (χ4v) is 8.85. The van der Waals surface area contributed by atoms with E-state index in [4.69, 9.17) is 29.8 Å². The Kier molecular flexibility index (Phi) is 9.49. The monoisotopic (exact) mass is 642 g/mol. The van der Waals surface area contributed by atoms with Crippen LogP contribution in [-0.4, -0.2) is 89.8 Å². The summed E-state index contributed by atoms with van der Waals surface area (Å²) in [6.45, 7) is 10.9. The van der Waals surface area contributed by atoms with Gasteiger partial charge in [-0.15, -0.1) is 0 Å². The number of methoxy groups -OCH3 is 1. The van der Waals surface area contributed by atoms with E-state index in [0.29, 0.717) is 25.7 Å². The third kappa shape index (κ3) is 5.19. The van der Waals surface area contributed by atoms with E-state index >= 15 is 0 Å². The van der Waals surface area contributed by atoms with Gasteiger partial charge in [0.25, 0.3) is 0 Å². The Morgan fingerprint density at radius 1 is 1.20 bits per heavy atom. The van der Waals surface area contributed by atoms with Gasteiger partial charge in [-0.05, 0) is 60.8 Å². The molecule has 2 saturated carbocycles. The summed E-state index contributed by atoms with van der Waals surface area (Å²) >= 11 is 0. The molecule has 0 aromatic heterocycles. The zero-order valence-corrected chi connectivity index (χ0v) is 27.8. The first kappa shape index (κ1) is 34.5. The molecule has 0 radical (unpaired) electrons. The van der Waals surface area contributed by atoms with Crippen LogP contribution in [0.2, 0.25) is 0 Å². The van der Waals surface area contributed by atoms with Gasteiger partial charge in [0.15, 0.2) is 5.60 Å². The number of esters is 1.